The highest BCUT2D eigenvalue weighted by atomic mass is 35.5. The Kier molecular flexibility index (Phi) is 26.0. The maximum absolute atomic E-state index is 12.7. The van der Waals surface area contributed by atoms with Crippen LogP contribution < -0.4 is 25.8 Å². The number of carbonyl (C=O) groups excluding carboxylic acids is 4. The number of hydrogen-bond donors (Lipinski definition) is 3. The number of nitro benzene ring substituents is 2. The van der Waals surface area contributed by atoms with Gasteiger partial charge in [-0.1, -0.05) is 60.1 Å². The van der Waals surface area contributed by atoms with Crippen LogP contribution in [-0.2, 0) is 90.9 Å². The second-order valence-corrected chi connectivity index (χ2v) is 26.2. The van der Waals surface area contributed by atoms with Gasteiger partial charge in [-0.25, -0.2) is 39.9 Å². The summed E-state index contributed by atoms with van der Waals surface area (Å²) in [6.45, 7) is 0. The van der Waals surface area contributed by atoms with Crippen LogP contribution in [0.2, 0.25) is 5.15 Å². The van der Waals surface area contributed by atoms with Gasteiger partial charge in [-0.2, -0.15) is 13.2 Å². The summed E-state index contributed by atoms with van der Waals surface area (Å²) in [6.07, 6.45) is 11.0. The largest absolute Gasteiger partial charge is 0.481 e. The van der Waals surface area contributed by atoms with Gasteiger partial charge in [-0.05, 0) is 70.8 Å². The van der Waals surface area contributed by atoms with Gasteiger partial charge >= 0.3 is 30.1 Å². The number of fused-ring (bicyclic) bond motifs is 4. The highest BCUT2D eigenvalue weighted by Gasteiger charge is 2.31. The van der Waals surface area contributed by atoms with E-state index in [0.717, 1.165) is 75.1 Å². The molecule has 0 spiro atoms. The number of esters is 3. The standard InChI is InChI=1S/C25H22F3N5O3.C18H19N5O4.C18H21N5O2.C16H13ClN4O4/c1-32(2)23-19(14-21(34)35)22-29-11-12-33(22)20(31-23)13-15-3-9-18(10-4-15)30-24(36)16-5-7-17(8-6-16)25(26,27)28;1-21(2)18-14(11-16(24)27-3)17-19-8-9-22(17)15(20-18)10-12-4-6-13(7-5-12)23(25)26;1-22(2)18-14(11-16(24)25-3)17-20-8-9-23(17)15(21-18)10-12-4-6-13(19)7-5-12;1-25-14(22)9-12-15(17)19-13(20-7-6-18-16(12)20)8-10-2-4-11(5-3-10)21(23)24/h3-12H,13-14H2,1-2H3,(H,30,36)(H,34,35);4-9H,10-11H2,1-3H3;4-9H,10-11,19H2,1-3H3;2-7H,8-9H2,1H3. The number of anilines is 5. The van der Waals surface area contributed by atoms with Crippen LogP contribution in [0.25, 0.3) is 22.6 Å². The van der Waals surface area contributed by atoms with Gasteiger partial charge in [0.25, 0.3) is 17.3 Å². The summed E-state index contributed by atoms with van der Waals surface area (Å²) in [5, 5.41) is 33.7. The fraction of sp³-hybridized carbons (Fsp3) is 0.234. The molecule has 113 heavy (non-hydrogen) atoms. The second kappa shape index (κ2) is 36.0. The Bertz CT molecular complexity index is 5640. The van der Waals surface area contributed by atoms with Gasteiger partial charge < -0.3 is 45.1 Å². The number of amides is 1. The number of hydrogen-bond acceptors (Lipinski definition) is 24. The van der Waals surface area contributed by atoms with Crippen molar-refractivity contribution in [2.75, 3.05) is 89.4 Å². The molecule has 0 unspecified atom stereocenters. The number of carbonyl (C=O) groups is 5. The van der Waals surface area contributed by atoms with Gasteiger partial charge in [-0.3, -0.25) is 61.8 Å². The van der Waals surface area contributed by atoms with Crippen molar-refractivity contribution >= 4 is 104 Å². The summed E-state index contributed by atoms with van der Waals surface area (Å²) in [6, 6.07) is 31.2. The van der Waals surface area contributed by atoms with Crippen LogP contribution >= 0.6 is 11.6 Å². The van der Waals surface area contributed by atoms with E-state index in [2.05, 4.69) is 35.0 Å². The van der Waals surface area contributed by atoms with Crippen LogP contribution in [0.5, 0.6) is 0 Å². The van der Waals surface area contributed by atoms with Crippen LogP contribution in [0.15, 0.2) is 171 Å². The highest BCUT2D eigenvalue weighted by molar-refractivity contribution is 6.30. The summed E-state index contributed by atoms with van der Waals surface area (Å²) in [5.74, 6) is 2.07. The van der Waals surface area contributed by atoms with Gasteiger partial charge in [0.1, 0.15) is 68.5 Å². The van der Waals surface area contributed by atoms with Crippen molar-refractivity contribution in [2.24, 2.45) is 0 Å². The molecule has 584 valence electrons. The van der Waals surface area contributed by atoms with E-state index in [-0.39, 0.29) is 59.7 Å². The molecule has 0 atom stereocenters. The number of carboxylic acid groups (broad SMARTS) is 1. The van der Waals surface area contributed by atoms with Crippen molar-refractivity contribution in [1.29, 1.82) is 0 Å². The lowest BCUT2D eigenvalue weighted by atomic mass is 10.1. The number of halogens is 4. The average molecular weight is 1570 g/mol. The molecule has 13 aromatic rings. The minimum Gasteiger partial charge on any atom is -0.481 e. The molecule has 0 radical (unpaired) electrons. The first-order chi connectivity index (χ1) is 53.9. The Labute approximate surface area is 647 Å². The van der Waals surface area contributed by atoms with Crippen molar-refractivity contribution < 1.29 is 66.3 Å². The number of non-ortho nitro benzene ring substituents is 2. The Morgan fingerprint density at radius 2 is 0.788 bits per heavy atom. The topological polar surface area (TPSA) is 388 Å². The molecule has 36 heteroatoms. The maximum Gasteiger partial charge on any atom is 0.416 e. The minimum absolute atomic E-state index is 0.0240. The number of aromatic nitrogens is 12. The van der Waals surface area contributed by atoms with Gasteiger partial charge in [0.2, 0.25) is 0 Å². The minimum atomic E-state index is -4.47. The first-order valence-corrected chi connectivity index (χ1v) is 34.7. The smallest absolute Gasteiger partial charge is 0.416 e. The number of methoxy groups -OCH3 is 3. The molecule has 1 amide bonds. The predicted molar refractivity (Wildman–Crippen MR) is 413 cm³/mol. The molecule has 0 bridgehead atoms. The Morgan fingerprint density at radius 3 is 1.11 bits per heavy atom. The third-order valence-corrected chi connectivity index (χ3v) is 17.7. The van der Waals surface area contributed by atoms with E-state index < -0.39 is 39.4 Å². The van der Waals surface area contributed by atoms with Gasteiger partial charge in [0.15, 0.2) is 0 Å². The molecule has 0 fully saturated rings. The number of ether oxygens (including phenoxy) is 3. The number of alkyl halides is 3. The predicted octanol–water partition coefficient (Wildman–Crippen LogP) is 10.6. The molecular weight excluding hydrogens is 1490 g/mol. The second-order valence-electron chi connectivity index (χ2n) is 25.8. The summed E-state index contributed by atoms with van der Waals surface area (Å²) in [4.78, 5) is 121. The van der Waals surface area contributed by atoms with E-state index in [1.165, 1.54) is 45.6 Å². The Morgan fingerprint density at radius 1 is 0.478 bits per heavy atom. The number of nitrogens with one attached hydrogen (secondary N) is 1. The summed E-state index contributed by atoms with van der Waals surface area (Å²) in [7, 11) is 15.1. The molecule has 8 aromatic heterocycles. The van der Waals surface area contributed by atoms with Crippen LogP contribution in [0.4, 0.5) is 53.4 Å². The molecule has 5 aromatic carbocycles. The fourth-order valence-electron chi connectivity index (χ4n) is 11.9. The normalized spacial score (nSPS) is 11.0. The molecule has 0 aliphatic rings. The van der Waals surface area contributed by atoms with E-state index in [1.807, 2.05) is 77.3 Å². The third kappa shape index (κ3) is 20.1. The van der Waals surface area contributed by atoms with Crippen molar-refractivity contribution in [3.8, 4) is 0 Å². The molecule has 0 aliphatic heterocycles. The molecule has 32 nitrogen and oxygen atoms in total. The van der Waals surface area contributed by atoms with Crippen LogP contribution in [-0.4, -0.2) is 166 Å². The van der Waals surface area contributed by atoms with Crippen LogP contribution in [0.1, 0.15) is 83.7 Å². The molecular formula is C77H75ClF3N19O13. The van der Waals surface area contributed by atoms with Gasteiger partial charge in [-0.15, -0.1) is 0 Å². The summed E-state index contributed by atoms with van der Waals surface area (Å²) >= 11 is 6.24. The monoisotopic (exact) mass is 1570 g/mol. The van der Waals surface area contributed by atoms with E-state index in [9.17, 15) is 62.5 Å². The van der Waals surface area contributed by atoms with Crippen LogP contribution in [0.3, 0.4) is 0 Å². The van der Waals surface area contributed by atoms with Crippen molar-refractivity contribution in [2.45, 2.75) is 57.5 Å². The van der Waals surface area contributed by atoms with E-state index in [1.54, 1.807) is 120 Å². The molecule has 0 saturated carbocycles. The highest BCUT2D eigenvalue weighted by Crippen LogP contribution is 2.32. The summed E-state index contributed by atoms with van der Waals surface area (Å²) < 4.78 is 59.7. The van der Waals surface area contributed by atoms with Crippen molar-refractivity contribution in [3.63, 3.8) is 0 Å². The number of nitrogens with zero attached hydrogens (tertiary/aromatic N) is 17. The van der Waals surface area contributed by atoms with Crippen molar-refractivity contribution in [3.05, 3.63) is 275 Å². The molecule has 13 rings (SSSR count). The number of imidazole rings is 4. The molecule has 8 heterocycles. The maximum atomic E-state index is 12.7. The Balaban J connectivity index is 0.000000162. The molecule has 4 N–H and O–H groups in total. The van der Waals surface area contributed by atoms with E-state index in [0.29, 0.717) is 94.1 Å². The number of nitrogens with two attached hydrogens (primary N) is 1. The summed E-state index contributed by atoms with van der Waals surface area (Å²) in [5.41, 5.74) is 14.9. The Hall–Kier alpha value is -14.0. The zero-order valence-electron chi connectivity index (χ0n) is 62.4. The first kappa shape index (κ1) is 81.5. The SMILES string of the molecule is CN(C)c1nc(Cc2ccc(NC(=O)c3ccc(C(F)(F)F)cc3)cc2)n2ccnc2c1CC(=O)O.COC(=O)Cc1c(Cl)nc(Cc2ccc([N+](=O)[O-])cc2)n2ccnc12.COC(=O)Cc1c(N(C)C)nc(Cc2ccc(N)cc2)n2ccnc12.COC(=O)Cc1c(N(C)C)nc(Cc2ccc([N+](=O)[O-])cc2)n2ccnc12. The zero-order chi connectivity index (χ0) is 81.5. The lowest BCUT2D eigenvalue weighted by Gasteiger charge is -2.19. The lowest BCUT2D eigenvalue weighted by Crippen LogP contribution is -2.19. The number of rotatable bonds is 23. The quantitative estimate of drug-likeness (QED) is 0.0134. The number of nitrogen functional groups attached to an aromatic ring is 1. The third-order valence-electron chi connectivity index (χ3n) is 17.4. The zero-order valence-corrected chi connectivity index (χ0v) is 63.1. The van der Waals surface area contributed by atoms with Crippen molar-refractivity contribution in [1.82, 2.24) is 57.5 Å². The van der Waals surface area contributed by atoms with Crippen LogP contribution in [0, 0.1) is 20.2 Å². The van der Waals surface area contributed by atoms with Gasteiger partial charge in [0.05, 0.1) is 62.4 Å². The molecule has 0 aliphatic carbocycles. The number of aliphatic carboxylic acids is 1. The average Bonchev–Trinajstić information content (AvgIpc) is 1.78. The number of nitro groups is 2. The van der Waals surface area contributed by atoms with E-state index in [4.69, 9.17) is 41.8 Å². The number of benzene rings is 5. The molecule has 0 saturated heterocycles. The fourth-order valence-corrected chi connectivity index (χ4v) is 12.1. The lowest BCUT2D eigenvalue weighted by molar-refractivity contribution is -0.385. The number of carboxylic acids is 1. The van der Waals surface area contributed by atoms with E-state index >= 15 is 0 Å². The first-order valence-electron chi connectivity index (χ1n) is 34.3. The van der Waals surface area contributed by atoms with Gasteiger partial charge in [0, 0.05) is 181 Å².